The highest BCUT2D eigenvalue weighted by Gasteiger charge is 2.66. The number of rotatable bonds is 4. The lowest BCUT2D eigenvalue weighted by Crippen LogP contribution is -2.74. The van der Waals surface area contributed by atoms with Crippen LogP contribution in [-0.2, 0) is 19.1 Å². The highest BCUT2D eigenvalue weighted by atomic mass is 19.4. The van der Waals surface area contributed by atoms with Crippen molar-refractivity contribution in [3.8, 4) is 0 Å². The molecule has 0 aromatic rings. The van der Waals surface area contributed by atoms with Gasteiger partial charge in [-0.05, 0) is 6.92 Å². The molecular formula is C11H17F3N2O4. The summed E-state index contributed by atoms with van der Waals surface area (Å²) >= 11 is 0. The van der Waals surface area contributed by atoms with Crippen LogP contribution in [0, 0.1) is 0 Å². The van der Waals surface area contributed by atoms with E-state index in [-0.39, 0.29) is 32.9 Å². The van der Waals surface area contributed by atoms with Gasteiger partial charge in [0, 0.05) is 20.0 Å². The highest BCUT2D eigenvalue weighted by Crippen LogP contribution is 2.35. The summed E-state index contributed by atoms with van der Waals surface area (Å²) in [4.78, 5) is 23.9. The van der Waals surface area contributed by atoms with E-state index < -0.39 is 23.7 Å². The molecule has 1 amide bonds. The number of esters is 1. The predicted molar refractivity (Wildman–Crippen MR) is 61.6 cm³/mol. The van der Waals surface area contributed by atoms with E-state index in [4.69, 9.17) is 4.74 Å². The molecule has 6 nitrogen and oxygen atoms in total. The third-order valence-corrected chi connectivity index (χ3v) is 2.82. The van der Waals surface area contributed by atoms with Crippen LogP contribution in [0.15, 0.2) is 0 Å². The van der Waals surface area contributed by atoms with Gasteiger partial charge in [-0.15, -0.1) is 0 Å². The molecule has 1 saturated heterocycles. The van der Waals surface area contributed by atoms with Crippen LogP contribution < -0.4 is 5.32 Å². The van der Waals surface area contributed by atoms with E-state index >= 15 is 0 Å². The van der Waals surface area contributed by atoms with Crippen LogP contribution in [0.3, 0.4) is 0 Å². The van der Waals surface area contributed by atoms with Gasteiger partial charge in [-0.3, -0.25) is 9.69 Å². The van der Waals surface area contributed by atoms with Gasteiger partial charge in [0.15, 0.2) is 0 Å². The van der Waals surface area contributed by atoms with Gasteiger partial charge in [-0.2, -0.15) is 13.2 Å². The average molecular weight is 298 g/mol. The molecule has 9 heteroatoms. The summed E-state index contributed by atoms with van der Waals surface area (Å²) in [5.41, 5.74) is -3.17. The minimum Gasteiger partial charge on any atom is -0.463 e. The molecule has 1 fully saturated rings. The Bertz CT molecular complexity index is 369. The van der Waals surface area contributed by atoms with Gasteiger partial charge < -0.3 is 14.8 Å². The Kier molecular flexibility index (Phi) is 5.35. The Morgan fingerprint density at radius 3 is 2.25 bits per heavy atom. The number of hydrogen-bond donors (Lipinski definition) is 1. The number of halogens is 3. The molecule has 0 aromatic carbocycles. The first-order chi connectivity index (χ1) is 9.25. The summed E-state index contributed by atoms with van der Waals surface area (Å²) in [7, 11) is 0. The number of amides is 1. The zero-order chi connectivity index (χ0) is 15.4. The second-order valence-electron chi connectivity index (χ2n) is 4.21. The normalized spacial score (nSPS) is 20.1. The number of morpholine rings is 1. The summed E-state index contributed by atoms with van der Waals surface area (Å²) in [6.45, 7) is 1.89. The number of alkyl halides is 3. The molecule has 0 radical (unpaired) electrons. The Labute approximate surface area is 114 Å². The smallest absolute Gasteiger partial charge is 0.436 e. The second kappa shape index (κ2) is 6.40. The van der Waals surface area contributed by atoms with Crippen LogP contribution in [-0.4, -0.2) is 61.5 Å². The topological polar surface area (TPSA) is 67.9 Å². The summed E-state index contributed by atoms with van der Waals surface area (Å²) in [5.74, 6) is -2.51. The molecule has 0 saturated carbocycles. The van der Waals surface area contributed by atoms with Crippen molar-refractivity contribution in [3.63, 3.8) is 0 Å². The lowest BCUT2D eigenvalue weighted by Gasteiger charge is -2.43. The van der Waals surface area contributed by atoms with Crippen molar-refractivity contribution < 1.29 is 32.2 Å². The second-order valence-corrected chi connectivity index (χ2v) is 4.21. The lowest BCUT2D eigenvalue weighted by atomic mass is 10.1. The monoisotopic (exact) mass is 298 g/mol. The van der Waals surface area contributed by atoms with Crippen LogP contribution in [0.2, 0.25) is 0 Å². The van der Waals surface area contributed by atoms with Gasteiger partial charge in [-0.1, -0.05) is 0 Å². The van der Waals surface area contributed by atoms with E-state index in [1.165, 1.54) is 6.92 Å². The first kappa shape index (κ1) is 16.7. The molecule has 0 aliphatic carbocycles. The Morgan fingerprint density at radius 1 is 1.30 bits per heavy atom. The lowest BCUT2D eigenvalue weighted by molar-refractivity contribution is -0.255. The molecule has 1 heterocycles. The molecule has 116 valence electrons. The molecule has 1 atom stereocenters. The minimum atomic E-state index is -5.01. The van der Waals surface area contributed by atoms with Crippen molar-refractivity contribution in [1.29, 1.82) is 0 Å². The fourth-order valence-electron chi connectivity index (χ4n) is 2.01. The Balaban J connectivity index is 3.23. The van der Waals surface area contributed by atoms with Crippen molar-refractivity contribution in [2.45, 2.75) is 25.7 Å². The van der Waals surface area contributed by atoms with Crippen molar-refractivity contribution >= 4 is 11.9 Å². The molecule has 1 aliphatic heterocycles. The fourth-order valence-corrected chi connectivity index (χ4v) is 2.01. The first-order valence-corrected chi connectivity index (χ1v) is 6.11. The van der Waals surface area contributed by atoms with Crippen LogP contribution >= 0.6 is 0 Å². The van der Waals surface area contributed by atoms with Gasteiger partial charge in [0.25, 0.3) is 5.66 Å². The number of nitrogens with zero attached hydrogens (tertiary/aromatic N) is 1. The van der Waals surface area contributed by atoms with E-state index in [9.17, 15) is 22.8 Å². The van der Waals surface area contributed by atoms with Crippen LogP contribution in [0.25, 0.3) is 0 Å². The maximum atomic E-state index is 13.5. The van der Waals surface area contributed by atoms with Crippen LogP contribution in [0.4, 0.5) is 13.2 Å². The van der Waals surface area contributed by atoms with Crippen LogP contribution in [0.5, 0.6) is 0 Å². The van der Waals surface area contributed by atoms with Gasteiger partial charge in [0.05, 0.1) is 19.8 Å². The molecule has 1 N–H and O–H groups in total. The van der Waals surface area contributed by atoms with Crippen molar-refractivity contribution in [2.75, 3.05) is 32.9 Å². The number of nitrogens with one attached hydrogen (secondary N) is 1. The average Bonchev–Trinajstić information content (AvgIpc) is 2.35. The quantitative estimate of drug-likeness (QED) is 0.755. The van der Waals surface area contributed by atoms with Crippen LogP contribution in [0.1, 0.15) is 13.8 Å². The molecule has 0 spiro atoms. The molecular weight excluding hydrogens is 281 g/mol. The van der Waals surface area contributed by atoms with E-state index in [0.717, 1.165) is 11.8 Å². The Morgan fingerprint density at radius 2 is 1.85 bits per heavy atom. The summed E-state index contributed by atoms with van der Waals surface area (Å²) < 4.78 is 50.0. The fraction of sp³-hybridized carbons (Fsp3) is 0.818. The van der Waals surface area contributed by atoms with E-state index in [1.807, 2.05) is 0 Å². The van der Waals surface area contributed by atoms with E-state index in [2.05, 4.69) is 4.74 Å². The zero-order valence-electron chi connectivity index (χ0n) is 11.2. The van der Waals surface area contributed by atoms with Crippen molar-refractivity contribution in [1.82, 2.24) is 10.2 Å². The largest absolute Gasteiger partial charge is 0.463 e. The Hall–Kier alpha value is -1.35. The predicted octanol–water partition coefficient (Wildman–Crippen LogP) is 0.276. The van der Waals surface area contributed by atoms with Gasteiger partial charge in [0.2, 0.25) is 5.91 Å². The molecule has 0 bridgehead atoms. The molecule has 0 unspecified atom stereocenters. The number of carbonyl (C=O) groups is 2. The summed E-state index contributed by atoms with van der Waals surface area (Å²) in [6, 6.07) is 0. The molecule has 20 heavy (non-hydrogen) atoms. The molecule has 1 aliphatic rings. The first-order valence-electron chi connectivity index (χ1n) is 6.11. The van der Waals surface area contributed by atoms with Crippen molar-refractivity contribution in [2.24, 2.45) is 0 Å². The summed E-state index contributed by atoms with van der Waals surface area (Å²) in [6.07, 6.45) is -5.01. The number of hydrogen-bond acceptors (Lipinski definition) is 5. The third-order valence-electron chi connectivity index (χ3n) is 2.82. The van der Waals surface area contributed by atoms with Gasteiger partial charge >= 0.3 is 12.1 Å². The number of carbonyl (C=O) groups excluding carboxylic acids is 2. The van der Waals surface area contributed by atoms with E-state index in [1.54, 1.807) is 5.32 Å². The van der Waals surface area contributed by atoms with Crippen molar-refractivity contribution in [3.05, 3.63) is 0 Å². The summed E-state index contributed by atoms with van der Waals surface area (Å²) in [5, 5.41) is 1.72. The SMILES string of the molecule is CCOC(=O)[C@](NC(C)=O)(N1CCOCC1)C(F)(F)F. The zero-order valence-corrected chi connectivity index (χ0v) is 11.2. The maximum Gasteiger partial charge on any atom is 0.436 e. The molecule has 0 aromatic heterocycles. The maximum absolute atomic E-state index is 13.5. The van der Waals surface area contributed by atoms with E-state index in [0.29, 0.717) is 0 Å². The number of ether oxygens (including phenoxy) is 2. The highest BCUT2D eigenvalue weighted by molar-refractivity contribution is 5.87. The standard InChI is InChI=1S/C11H17F3N2O4/c1-3-20-9(18)10(11(12,13)14,15-8(2)17)16-4-6-19-7-5-16/h3-7H2,1-2H3,(H,15,17)/t10-/m0/s1. The minimum absolute atomic E-state index is 0.0385. The third kappa shape index (κ3) is 3.21. The van der Waals surface area contributed by atoms with Gasteiger partial charge in [0.1, 0.15) is 0 Å². The molecule has 1 rings (SSSR count). The van der Waals surface area contributed by atoms with Gasteiger partial charge in [-0.25, -0.2) is 4.79 Å².